The van der Waals surface area contributed by atoms with Crippen molar-refractivity contribution in [2.24, 2.45) is 11.7 Å². The lowest BCUT2D eigenvalue weighted by atomic mass is 9.80. The highest BCUT2D eigenvalue weighted by molar-refractivity contribution is 5.24. The molecule has 0 radical (unpaired) electrons. The fourth-order valence-corrected chi connectivity index (χ4v) is 1.70. The number of ether oxygens (including phenoxy) is 1. The fraction of sp³-hybridized carbons (Fsp3) is 0.538. The Kier molecular flexibility index (Phi) is 4.44. The third-order valence-electron chi connectivity index (χ3n) is 3.23. The predicted octanol–water partition coefficient (Wildman–Crippen LogP) is 2.67. The SMILES string of the molecule is COCCC(C)C(C)(N)c1cccc(F)c1. The van der Waals surface area contributed by atoms with Gasteiger partial charge in [-0.25, -0.2) is 4.39 Å². The van der Waals surface area contributed by atoms with Crippen LogP contribution in [0.5, 0.6) is 0 Å². The fourth-order valence-electron chi connectivity index (χ4n) is 1.70. The van der Waals surface area contributed by atoms with Gasteiger partial charge in [0, 0.05) is 19.3 Å². The number of methoxy groups -OCH3 is 1. The summed E-state index contributed by atoms with van der Waals surface area (Å²) in [5.41, 5.74) is 6.57. The highest BCUT2D eigenvalue weighted by atomic mass is 19.1. The van der Waals surface area contributed by atoms with Crippen LogP contribution in [0.3, 0.4) is 0 Å². The van der Waals surface area contributed by atoms with Crippen LogP contribution < -0.4 is 5.73 Å². The molecular weight excluding hydrogens is 205 g/mol. The first-order chi connectivity index (χ1) is 7.48. The Morgan fingerprint density at radius 2 is 2.19 bits per heavy atom. The average Bonchev–Trinajstić information content (AvgIpc) is 2.25. The molecule has 0 aliphatic heterocycles. The molecule has 0 aromatic heterocycles. The minimum Gasteiger partial charge on any atom is -0.385 e. The first-order valence-corrected chi connectivity index (χ1v) is 5.52. The predicted molar refractivity (Wildman–Crippen MR) is 63.6 cm³/mol. The number of benzene rings is 1. The summed E-state index contributed by atoms with van der Waals surface area (Å²) in [6.07, 6.45) is 0.861. The van der Waals surface area contributed by atoms with E-state index in [4.69, 9.17) is 10.5 Å². The van der Waals surface area contributed by atoms with Crippen LogP contribution in [0, 0.1) is 11.7 Å². The van der Waals surface area contributed by atoms with Crippen molar-refractivity contribution in [2.45, 2.75) is 25.8 Å². The lowest BCUT2D eigenvalue weighted by molar-refractivity contribution is 0.159. The molecule has 0 bridgehead atoms. The Morgan fingerprint density at radius 3 is 2.75 bits per heavy atom. The minimum atomic E-state index is -0.527. The molecule has 0 heterocycles. The number of hydrogen-bond acceptors (Lipinski definition) is 2. The van der Waals surface area contributed by atoms with Crippen LogP contribution >= 0.6 is 0 Å². The van der Waals surface area contributed by atoms with Gasteiger partial charge in [-0.05, 0) is 37.0 Å². The molecule has 1 aromatic rings. The summed E-state index contributed by atoms with van der Waals surface area (Å²) >= 11 is 0. The van der Waals surface area contributed by atoms with Crippen molar-refractivity contribution < 1.29 is 9.13 Å². The van der Waals surface area contributed by atoms with E-state index in [0.717, 1.165) is 12.0 Å². The summed E-state index contributed by atoms with van der Waals surface area (Å²) in [5.74, 6) is -0.0117. The van der Waals surface area contributed by atoms with Crippen molar-refractivity contribution in [1.29, 1.82) is 0 Å². The number of rotatable bonds is 5. The zero-order valence-corrected chi connectivity index (χ0v) is 10.2. The molecule has 2 nitrogen and oxygen atoms in total. The second kappa shape index (κ2) is 5.41. The molecule has 0 amide bonds. The Balaban J connectivity index is 2.83. The monoisotopic (exact) mass is 225 g/mol. The molecule has 2 atom stereocenters. The zero-order valence-electron chi connectivity index (χ0n) is 10.2. The Labute approximate surface area is 96.6 Å². The first kappa shape index (κ1) is 13.1. The first-order valence-electron chi connectivity index (χ1n) is 5.52. The van der Waals surface area contributed by atoms with E-state index in [1.54, 1.807) is 13.2 Å². The van der Waals surface area contributed by atoms with Crippen LogP contribution in [0.4, 0.5) is 4.39 Å². The van der Waals surface area contributed by atoms with E-state index >= 15 is 0 Å². The van der Waals surface area contributed by atoms with Gasteiger partial charge in [0.2, 0.25) is 0 Å². The van der Waals surface area contributed by atoms with Gasteiger partial charge in [-0.1, -0.05) is 19.1 Å². The number of hydrogen-bond donors (Lipinski definition) is 1. The van der Waals surface area contributed by atoms with E-state index in [1.807, 2.05) is 13.0 Å². The number of halogens is 1. The summed E-state index contributed by atoms with van der Waals surface area (Å²) < 4.78 is 18.2. The molecule has 0 aliphatic carbocycles. The molecule has 90 valence electrons. The maximum absolute atomic E-state index is 13.1. The van der Waals surface area contributed by atoms with E-state index < -0.39 is 5.54 Å². The van der Waals surface area contributed by atoms with Crippen molar-refractivity contribution in [2.75, 3.05) is 13.7 Å². The molecule has 1 rings (SSSR count). The summed E-state index contributed by atoms with van der Waals surface area (Å²) in [5, 5.41) is 0. The third-order valence-corrected chi connectivity index (χ3v) is 3.23. The largest absolute Gasteiger partial charge is 0.385 e. The zero-order chi connectivity index (χ0) is 12.2. The van der Waals surface area contributed by atoms with Crippen molar-refractivity contribution in [1.82, 2.24) is 0 Å². The molecule has 0 aliphatic rings. The van der Waals surface area contributed by atoms with Crippen molar-refractivity contribution >= 4 is 0 Å². The number of nitrogens with two attached hydrogens (primary N) is 1. The van der Waals surface area contributed by atoms with Gasteiger partial charge in [0.1, 0.15) is 5.82 Å². The third kappa shape index (κ3) is 3.03. The molecular formula is C13H20FNO. The topological polar surface area (TPSA) is 35.2 Å². The summed E-state index contributed by atoms with van der Waals surface area (Å²) in [6.45, 7) is 4.66. The van der Waals surface area contributed by atoms with Gasteiger partial charge >= 0.3 is 0 Å². The van der Waals surface area contributed by atoms with Crippen LogP contribution in [-0.2, 0) is 10.3 Å². The van der Waals surface area contributed by atoms with Gasteiger partial charge in [-0.15, -0.1) is 0 Å². The van der Waals surface area contributed by atoms with Crippen LogP contribution in [0.25, 0.3) is 0 Å². The van der Waals surface area contributed by atoms with Gasteiger partial charge in [0.15, 0.2) is 0 Å². The van der Waals surface area contributed by atoms with Gasteiger partial charge in [0.25, 0.3) is 0 Å². The van der Waals surface area contributed by atoms with E-state index in [1.165, 1.54) is 12.1 Å². The summed E-state index contributed by atoms with van der Waals surface area (Å²) in [7, 11) is 1.67. The molecule has 0 spiro atoms. The van der Waals surface area contributed by atoms with Gasteiger partial charge in [-0.2, -0.15) is 0 Å². The smallest absolute Gasteiger partial charge is 0.123 e. The normalized spacial score (nSPS) is 16.8. The van der Waals surface area contributed by atoms with Gasteiger partial charge in [0.05, 0.1) is 0 Å². The van der Waals surface area contributed by atoms with Gasteiger partial charge in [-0.3, -0.25) is 0 Å². The van der Waals surface area contributed by atoms with Crippen LogP contribution in [0.1, 0.15) is 25.8 Å². The molecule has 0 saturated heterocycles. The van der Waals surface area contributed by atoms with E-state index in [2.05, 4.69) is 6.92 Å². The van der Waals surface area contributed by atoms with Crippen molar-refractivity contribution in [3.63, 3.8) is 0 Å². The minimum absolute atomic E-state index is 0.231. The van der Waals surface area contributed by atoms with E-state index in [-0.39, 0.29) is 11.7 Å². The summed E-state index contributed by atoms with van der Waals surface area (Å²) in [6, 6.07) is 6.49. The second-order valence-corrected chi connectivity index (χ2v) is 4.48. The quantitative estimate of drug-likeness (QED) is 0.836. The molecule has 16 heavy (non-hydrogen) atoms. The highest BCUT2D eigenvalue weighted by Gasteiger charge is 2.28. The lowest BCUT2D eigenvalue weighted by Gasteiger charge is -2.32. The molecule has 1 aromatic carbocycles. The lowest BCUT2D eigenvalue weighted by Crippen LogP contribution is -2.40. The van der Waals surface area contributed by atoms with E-state index in [0.29, 0.717) is 6.61 Å². The van der Waals surface area contributed by atoms with Crippen LogP contribution in [0.15, 0.2) is 24.3 Å². The van der Waals surface area contributed by atoms with Gasteiger partial charge < -0.3 is 10.5 Å². The summed E-state index contributed by atoms with van der Waals surface area (Å²) in [4.78, 5) is 0. The molecule has 0 fully saturated rings. The van der Waals surface area contributed by atoms with Crippen molar-refractivity contribution in [3.8, 4) is 0 Å². The Hall–Kier alpha value is -0.930. The van der Waals surface area contributed by atoms with E-state index in [9.17, 15) is 4.39 Å². The molecule has 2 N–H and O–H groups in total. The second-order valence-electron chi connectivity index (χ2n) is 4.48. The Bertz CT molecular complexity index is 338. The molecule has 2 unspecified atom stereocenters. The standard InChI is InChI=1S/C13H20FNO/c1-10(7-8-16-3)13(2,15)11-5-4-6-12(14)9-11/h4-6,9-10H,7-8,15H2,1-3H3. The Morgan fingerprint density at radius 1 is 1.50 bits per heavy atom. The average molecular weight is 225 g/mol. The van der Waals surface area contributed by atoms with Crippen LogP contribution in [0.2, 0.25) is 0 Å². The molecule has 0 saturated carbocycles. The van der Waals surface area contributed by atoms with Crippen molar-refractivity contribution in [3.05, 3.63) is 35.6 Å². The maximum atomic E-state index is 13.1. The van der Waals surface area contributed by atoms with Crippen LogP contribution in [-0.4, -0.2) is 13.7 Å². The maximum Gasteiger partial charge on any atom is 0.123 e. The molecule has 3 heteroatoms. The highest BCUT2D eigenvalue weighted by Crippen LogP contribution is 2.29.